The molecule has 0 saturated heterocycles. The Morgan fingerprint density at radius 3 is 2.47 bits per heavy atom. The predicted molar refractivity (Wildman–Crippen MR) is 127 cm³/mol. The molecule has 2 heterocycles. The first-order valence-corrected chi connectivity index (χ1v) is 12.2. The van der Waals surface area contributed by atoms with E-state index in [1.165, 1.54) is 23.1 Å². The van der Waals surface area contributed by atoms with Crippen molar-refractivity contribution in [2.75, 3.05) is 17.1 Å². The lowest BCUT2D eigenvalue weighted by molar-refractivity contribution is 0.183. The SMILES string of the molecule is CCn1cc(-c2ccnc(N)n2)c(-c2c(F)ccc(N(C(=O)OC)S(=O)(=O)c3cc(F)ccc3F)c2F)n1. The van der Waals surface area contributed by atoms with Gasteiger partial charge in [-0.2, -0.15) is 9.40 Å². The van der Waals surface area contributed by atoms with Crippen LogP contribution in [0.3, 0.4) is 0 Å². The first kappa shape index (κ1) is 26.5. The van der Waals surface area contributed by atoms with E-state index in [-0.39, 0.29) is 33.7 Å². The number of methoxy groups -OCH3 is 1. The molecule has 0 saturated carbocycles. The fraction of sp³-hybridized carbons (Fsp3) is 0.130. The van der Waals surface area contributed by atoms with Crippen molar-refractivity contribution in [3.63, 3.8) is 0 Å². The highest BCUT2D eigenvalue weighted by Gasteiger charge is 2.38. The minimum Gasteiger partial charge on any atom is -0.452 e. The van der Waals surface area contributed by atoms with Gasteiger partial charge in [0.05, 0.1) is 18.4 Å². The van der Waals surface area contributed by atoms with Crippen LogP contribution < -0.4 is 10.0 Å². The topological polar surface area (TPSA) is 133 Å². The number of nitrogens with zero attached hydrogens (tertiary/aromatic N) is 5. The molecule has 2 N–H and O–H groups in total. The summed E-state index contributed by atoms with van der Waals surface area (Å²) in [6.45, 7) is 1.98. The fourth-order valence-corrected chi connectivity index (χ4v) is 5.02. The number of nitrogens with two attached hydrogens (primary N) is 1. The summed E-state index contributed by atoms with van der Waals surface area (Å²) in [6.07, 6.45) is 1.07. The van der Waals surface area contributed by atoms with E-state index in [1.54, 1.807) is 6.92 Å². The zero-order valence-electron chi connectivity index (χ0n) is 19.7. The van der Waals surface area contributed by atoms with Gasteiger partial charge in [0, 0.05) is 24.5 Å². The van der Waals surface area contributed by atoms with E-state index in [0.29, 0.717) is 30.3 Å². The van der Waals surface area contributed by atoms with Crippen molar-refractivity contribution in [2.45, 2.75) is 18.4 Å². The second-order valence-electron chi connectivity index (χ2n) is 7.62. The molecule has 0 spiro atoms. The van der Waals surface area contributed by atoms with Crippen molar-refractivity contribution in [2.24, 2.45) is 0 Å². The molecule has 0 atom stereocenters. The highest BCUT2D eigenvalue weighted by Crippen LogP contribution is 2.39. The molecule has 0 aliphatic rings. The molecular weight excluding hydrogens is 532 g/mol. The van der Waals surface area contributed by atoms with Gasteiger partial charge in [-0.3, -0.25) is 4.68 Å². The van der Waals surface area contributed by atoms with Crippen LogP contribution in [-0.4, -0.2) is 41.4 Å². The van der Waals surface area contributed by atoms with Crippen LogP contribution in [0.15, 0.2) is 53.7 Å². The van der Waals surface area contributed by atoms with Gasteiger partial charge in [-0.05, 0) is 43.3 Å². The number of carbonyl (C=O) groups is 1. The quantitative estimate of drug-likeness (QED) is 0.355. The number of halogens is 4. The largest absolute Gasteiger partial charge is 0.452 e. The van der Waals surface area contributed by atoms with E-state index in [9.17, 15) is 22.0 Å². The van der Waals surface area contributed by atoms with Crippen molar-refractivity contribution >= 4 is 27.8 Å². The van der Waals surface area contributed by atoms with Gasteiger partial charge >= 0.3 is 6.09 Å². The molecule has 38 heavy (non-hydrogen) atoms. The predicted octanol–water partition coefficient (Wildman–Crippen LogP) is 4.13. The molecule has 0 unspecified atom stereocenters. The number of aromatic nitrogens is 4. The van der Waals surface area contributed by atoms with Gasteiger partial charge in [0.2, 0.25) is 5.95 Å². The molecule has 0 aliphatic heterocycles. The van der Waals surface area contributed by atoms with Gasteiger partial charge in [-0.15, -0.1) is 0 Å². The maximum absolute atomic E-state index is 16.1. The number of sulfonamides is 1. The molecule has 10 nitrogen and oxygen atoms in total. The van der Waals surface area contributed by atoms with Gasteiger partial charge in [0.25, 0.3) is 10.0 Å². The summed E-state index contributed by atoms with van der Waals surface area (Å²) < 4.78 is 91.6. The van der Waals surface area contributed by atoms with Crippen molar-refractivity contribution < 1.29 is 35.5 Å². The number of nitrogen functional groups attached to an aromatic ring is 1. The number of amides is 1. The van der Waals surface area contributed by atoms with Crippen molar-refractivity contribution in [1.82, 2.24) is 19.7 Å². The van der Waals surface area contributed by atoms with Crippen LogP contribution in [0.25, 0.3) is 22.5 Å². The Hall–Kier alpha value is -4.53. The highest BCUT2D eigenvalue weighted by molar-refractivity contribution is 7.93. The summed E-state index contributed by atoms with van der Waals surface area (Å²) in [4.78, 5) is 19.1. The lowest BCUT2D eigenvalue weighted by atomic mass is 10.0. The summed E-state index contributed by atoms with van der Waals surface area (Å²) in [6, 6.07) is 4.21. The van der Waals surface area contributed by atoms with E-state index in [0.717, 1.165) is 7.11 Å². The lowest BCUT2D eigenvalue weighted by Crippen LogP contribution is -2.38. The van der Waals surface area contributed by atoms with Crippen LogP contribution in [0.5, 0.6) is 0 Å². The minimum atomic E-state index is -5.30. The standard InChI is InChI=1S/C23H18F4N6O4S/c1-3-32-11-13(16-8-9-29-22(28)30-16)21(31-32)19-15(26)6-7-17(20(19)27)33(23(34)37-2)38(35,36)18-10-12(24)4-5-14(18)25/h4-11H,3H2,1-2H3,(H2,28,29,30). The molecule has 2 aromatic heterocycles. The normalized spacial score (nSPS) is 11.4. The number of ether oxygens (including phenoxy) is 1. The van der Waals surface area contributed by atoms with E-state index >= 15 is 8.78 Å². The third-order valence-electron chi connectivity index (χ3n) is 5.31. The molecule has 198 valence electrons. The minimum absolute atomic E-state index is 0.111. The molecule has 4 rings (SSSR count). The number of benzene rings is 2. The molecule has 15 heteroatoms. The number of rotatable bonds is 6. The molecule has 0 aliphatic carbocycles. The summed E-state index contributed by atoms with van der Waals surface area (Å²) in [5.41, 5.74) is 3.74. The molecule has 0 bridgehead atoms. The summed E-state index contributed by atoms with van der Waals surface area (Å²) in [7, 11) is -4.51. The summed E-state index contributed by atoms with van der Waals surface area (Å²) in [5, 5.41) is 4.18. The zero-order valence-corrected chi connectivity index (χ0v) is 20.5. The second-order valence-corrected chi connectivity index (χ2v) is 9.37. The van der Waals surface area contributed by atoms with Crippen LogP contribution >= 0.6 is 0 Å². The number of anilines is 2. The average Bonchev–Trinajstić information content (AvgIpc) is 3.31. The summed E-state index contributed by atoms with van der Waals surface area (Å²) in [5.74, 6) is -5.43. The number of carbonyl (C=O) groups excluding carboxylic acids is 1. The van der Waals surface area contributed by atoms with Crippen molar-refractivity contribution in [1.29, 1.82) is 0 Å². The Bertz CT molecular complexity index is 1660. The van der Waals surface area contributed by atoms with Crippen LogP contribution in [0.4, 0.5) is 34.0 Å². The van der Waals surface area contributed by atoms with Gasteiger partial charge < -0.3 is 10.5 Å². The third-order valence-corrected chi connectivity index (χ3v) is 7.01. The monoisotopic (exact) mass is 550 g/mol. The third kappa shape index (κ3) is 4.63. The molecule has 0 fully saturated rings. The fourth-order valence-electron chi connectivity index (χ4n) is 3.58. The van der Waals surface area contributed by atoms with E-state index in [1.807, 2.05) is 0 Å². The number of hydrogen-bond donors (Lipinski definition) is 1. The van der Waals surface area contributed by atoms with Crippen LogP contribution in [0, 0.1) is 23.3 Å². The zero-order chi connectivity index (χ0) is 27.8. The number of hydrogen-bond acceptors (Lipinski definition) is 8. The lowest BCUT2D eigenvalue weighted by Gasteiger charge is -2.23. The molecule has 2 aromatic carbocycles. The van der Waals surface area contributed by atoms with E-state index in [2.05, 4.69) is 19.8 Å². The molecular formula is C23H18F4N6O4S. The van der Waals surface area contributed by atoms with Gasteiger partial charge in [0.15, 0.2) is 5.82 Å². The number of aryl methyl sites for hydroxylation is 1. The first-order valence-electron chi connectivity index (χ1n) is 10.7. The average molecular weight is 550 g/mol. The van der Waals surface area contributed by atoms with Gasteiger partial charge in [-0.1, -0.05) is 0 Å². The Kier molecular flexibility index (Phi) is 7.04. The van der Waals surface area contributed by atoms with E-state index < -0.39 is 55.5 Å². The van der Waals surface area contributed by atoms with Crippen LogP contribution in [-0.2, 0) is 21.3 Å². The van der Waals surface area contributed by atoms with Crippen LogP contribution in [0.1, 0.15) is 6.92 Å². The molecule has 0 radical (unpaired) electrons. The first-order chi connectivity index (χ1) is 18.0. The molecule has 1 amide bonds. The highest BCUT2D eigenvalue weighted by atomic mass is 32.2. The molecule has 4 aromatic rings. The Morgan fingerprint density at radius 1 is 1.11 bits per heavy atom. The Balaban J connectivity index is 1.99. The van der Waals surface area contributed by atoms with Crippen molar-refractivity contribution in [3.8, 4) is 22.5 Å². The summed E-state index contributed by atoms with van der Waals surface area (Å²) >= 11 is 0. The maximum atomic E-state index is 16.1. The Labute approximate surface area is 213 Å². The van der Waals surface area contributed by atoms with Gasteiger partial charge in [0.1, 0.15) is 33.7 Å². The van der Waals surface area contributed by atoms with E-state index in [4.69, 9.17) is 5.73 Å². The van der Waals surface area contributed by atoms with Crippen molar-refractivity contribution in [3.05, 3.63) is 72.1 Å². The maximum Gasteiger partial charge on any atom is 0.428 e. The van der Waals surface area contributed by atoms with Gasteiger partial charge in [-0.25, -0.2) is 40.7 Å². The smallest absolute Gasteiger partial charge is 0.428 e. The second kappa shape index (κ2) is 10.1. The Morgan fingerprint density at radius 2 is 1.82 bits per heavy atom. The van der Waals surface area contributed by atoms with Crippen LogP contribution in [0.2, 0.25) is 0 Å².